The van der Waals surface area contributed by atoms with Crippen LogP contribution in [0, 0.1) is 0 Å². The molecule has 0 aromatic heterocycles. The molecule has 0 spiro atoms. The van der Waals surface area contributed by atoms with Gasteiger partial charge in [0.25, 0.3) is 0 Å². The molecule has 0 saturated heterocycles. The summed E-state index contributed by atoms with van der Waals surface area (Å²) in [5, 5.41) is 0. The Labute approximate surface area is 154 Å². The Morgan fingerprint density at radius 1 is 1.09 bits per heavy atom. The van der Waals surface area contributed by atoms with E-state index in [2.05, 4.69) is 47.8 Å². The average Bonchev–Trinajstić information content (AvgIpc) is 2.50. The molecule has 0 fully saturated rings. The molecule has 2 aromatic carbocycles. The Kier molecular flexibility index (Phi) is 6.47. The second-order valence-corrected chi connectivity index (χ2v) is 6.89. The van der Waals surface area contributed by atoms with Crippen molar-refractivity contribution in [3.63, 3.8) is 0 Å². The van der Waals surface area contributed by atoms with Gasteiger partial charge in [-0.3, -0.25) is 4.79 Å². The summed E-state index contributed by atoms with van der Waals surface area (Å²) in [4.78, 5) is 11.1. The summed E-state index contributed by atoms with van der Waals surface area (Å²) < 4.78 is 13.8. The molecule has 2 rings (SSSR count). The zero-order valence-corrected chi connectivity index (χ0v) is 16.5. The van der Waals surface area contributed by atoms with Gasteiger partial charge in [-0.05, 0) is 62.5 Å². The van der Waals surface area contributed by atoms with Crippen LogP contribution < -0.4 is 9.47 Å². The van der Waals surface area contributed by atoms with Gasteiger partial charge in [-0.1, -0.05) is 28.1 Å². The molecule has 0 saturated carbocycles. The van der Waals surface area contributed by atoms with Crippen LogP contribution in [0.2, 0.25) is 0 Å². The third-order valence-corrected chi connectivity index (χ3v) is 5.49. The number of carbonyl (C=O) groups excluding carboxylic acids is 1. The van der Waals surface area contributed by atoms with Gasteiger partial charge in [0.2, 0.25) is 0 Å². The molecule has 22 heavy (non-hydrogen) atoms. The van der Waals surface area contributed by atoms with Gasteiger partial charge >= 0.3 is 0 Å². The maximum Gasteiger partial charge on any atom is 0.177 e. The van der Waals surface area contributed by atoms with Crippen molar-refractivity contribution in [2.45, 2.75) is 13.5 Å². The van der Waals surface area contributed by atoms with Crippen LogP contribution in [0.1, 0.15) is 22.8 Å². The smallest absolute Gasteiger partial charge is 0.177 e. The van der Waals surface area contributed by atoms with Crippen LogP contribution in [0.3, 0.4) is 0 Å². The molecule has 0 unspecified atom stereocenters. The first-order valence-corrected chi connectivity index (χ1v) is 8.92. The van der Waals surface area contributed by atoms with Crippen molar-refractivity contribution in [3.05, 3.63) is 54.9 Å². The van der Waals surface area contributed by atoms with Crippen LogP contribution >= 0.6 is 47.8 Å². The quantitative estimate of drug-likeness (QED) is 0.481. The van der Waals surface area contributed by atoms with Crippen LogP contribution in [0.4, 0.5) is 0 Å². The summed E-state index contributed by atoms with van der Waals surface area (Å²) in [6.07, 6.45) is 0.773. The average molecular weight is 493 g/mol. The predicted octanol–water partition coefficient (Wildman–Crippen LogP) is 5.76. The van der Waals surface area contributed by atoms with Gasteiger partial charge in [0.05, 0.1) is 11.1 Å². The fourth-order valence-electron chi connectivity index (χ4n) is 1.87. The lowest BCUT2D eigenvalue weighted by atomic mass is 10.2. The largest absolute Gasteiger partial charge is 0.490 e. The molecule has 0 aliphatic carbocycles. The molecule has 0 N–H and O–H groups in total. The maximum atomic E-state index is 11.1. The standard InChI is InChI=1S/C16H13Br3O3/c1-2-21-13-7-11(8-20)14(18)15(19)16(13)22-9-10-4-3-5-12(17)6-10/h3-8H,2,9H2,1H3. The van der Waals surface area contributed by atoms with Crippen LogP contribution in [-0.4, -0.2) is 12.9 Å². The zero-order chi connectivity index (χ0) is 16.1. The first-order chi connectivity index (χ1) is 10.6. The Morgan fingerprint density at radius 3 is 2.50 bits per heavy atom. The highest BCUT2D eigenvalue weighted by molar-refractivity contribution is 9.13. The second kappa shape index (κ2) is 8.13. The molecule has 0 bridgehead atoms. The molecule has 0 heterocycles. The van der Waals surface area contributed by atoms with Crippen molar-refractivity contribution in [2.24, 2.45) is 0 Å². The molecule has 6 heteroatoms. The molecule has 0 amide bonds. The highest BCUT2D eigenvalue weighted by atomic mass is 79.9. The minimum absolute atomic E-state index is 0.394. The molecule has 0 radical (unpaired) electrons. The molecule has 0 aliphatic heterocycles. The van der Waals surface area contributed by atoms with Crippen LogP contribution in [-0.2, 0) is 6.61 Å². The molecule has 116 valence electrons. The number of aldehydes is 1. The minimum atomic E-state index is 0.394. The molecule has 2 aromatic rings. The van der Waals surface area contributed by atoms with Gasteiger partial charge in [0.1, 0.15) is 6.61 Å². The highest BCUT2D eigenvalue weighted by Gasteiger charge is 2.17. The van der Waals surface area contributed by atoms with Crippen molar-refractivity contribution in [1.82, 2.24) is 0 Å². The SMILES string of the molecule is CCOc1cc(C=O)c(Br)c(Br)c1OCc1cccc(Br)c1. The molecular formula is C16H13Br3O3. The number of hydrogen-bond acceptors (Lipinski definition) is 3. The summed E-state index contributed by atoms with van der Waals surface area (Å²) in [6, 6.07) is 9.55. The summed E-state index contributed by atoms with van der Waals surface area (Å²) in [5.74, 6) is 1.11. The first-order valence-electron chi connectivity index (χ1n) is 6.54. The van der Waals surface area contributed by atoms with Gasteiger partial charge in [0, 0.05) is 14.5 Å². The third kappa shape index (κ3) is 4.12. The number of carbonyl (C=O) groups is 1. The van der Waals surface area contributed by atoms with E-state index in [9.17, 15) is 4.79 Å². The van der Waals surface area contributed by atoms with Gasteiger partial charge < -0.3 is 9.47 Å². The van der Waals surface area contributed by atoms with Gasteiger partial charge in [-0.25, -0.2) is 0 Å². The lowest BCUT2D eigenvalue weighted by molar-refractivity contribution is 0.112. The fourth-order valence-corrected chi connectivity index (χ4v) is 3.24. The van der Waals surface area contributed by atoms with E-state index in [0.717, 1.165) is 16.3 Å². The predicted molar refractivity (Wildman–Crippen MR) is 96.9 cm³/mol. The second-order valence-electron chi connectivity index (χ2n) is 4.39. The zero-order valence-electron chi connectivity index (χ0n) is 11.7. The fraction of sp³-hybridized carbons (Fsp3) is 0.188. The van der Waals surface area contributed by atoms with Gasteiger partial charge in [-0.15, -0.1) is 0 Å². The summed E-state index contributed by atoms with van der Waals surface area (Å²) in [6.45, 7) is 2.76. The van der Waals surface area contributed by atoms with E-state index in [1.54, 1.807) is 6.07 Å². The van der Waals surface area contributed by atoms with E-state index in [0.29, 0.717) is 39.2 Å². The van der Waals surface area contributed by atoms with Crippen LogP contribution in [0.25, 0.3) is 0 Å². The molecular weight excluding hydrogens is 480 g/mol. The van der Waals surface area contributed by atoms with E-state index < -0.39 is 0 Å². The topological polar surface area (TPSA) is 35.5 Å². The van der Waals surface area contributed by atoms with E-state index in [1.807, 2.05) is 31.2 Å². The Morgan fingerprint density at radius 2 is 1.86 bits per heavy atom. The van der Waals surface area contributed by atoms with Gasteiger partial charge in [0.15, 0.2) is 17.8 Å². The number of rotatable bonds is 6. The Balaban J connectivity index is 2.32. The summed E-state index contributed by atoms with van der Waals surface area (Å²) in [5.41, 5.74) is 1.53. The van der Waals surface area contributed by atoms with Crippen molar-refractivity contribution in [3.8, 4) is 11.5 Å². The van der Waals surface area contributed by atoms with Crippen molar-refractivity contribution < 1.29 is 14.3 Å². The van der Waals surface area contributed by atoms with Crippen molar-refractivity contribution in [2.75, 3.05) is 6.61 Å². The maximum absolute atomic E-state index is 11.1. The number of benzene rings is 2. The summed E-state index contributed by atoms with van der Waals surface area (Å²) in [7, 11) is 0. The normalized spacial score (nSPS) is 10.4. The Hall–Kier alpha value is -0.850. The van der Waals surface area contributed by atoms with Gasteiger partial charge in [-0.2, -0.15) is 0 Å². The Bertz CT molecular complexity index is 687. The van der Waals surface area contributed by atoms with Crippen LogP contribution in [0.5, 0.6) is 11.5 Å². The number of halogens is 3. The monoisotopic (exact) mass is 490 g/mol. The number of hydrogen-bond donors (Lipinski definition) is 0. The highest BCUT2D eigenvalue weighted by Crippen LogP contribution is 2.42. The molecule has 0 aliphatic rings. The first kappa shape index (κ1) is 17.5. The molecule has 0 atom stereocenters. The van der Waals surface area contributed by atoms with Crippen molar-refractivity contribution >= 4 is 54.1 Å². The lowest BCUT2D eigenvalue weighted by Crippen LogP contribution is -2.02. The third-order valence-electron chi connectivity index (χ3n) is 2.85. The lowest BCUT2D eigenvalue weighted by Gasteiger charge is -2.16. The number of ether oxygens (including phenoxy) is 2. The van der Waals surface area contributed by atoms with E-state index in [-0.39, 0.29) is 0 Å². The molecule has 3 nitrogen and oxygen atoms in total. The van der Waals surface area contributed by atoms with E-state index in [1.165, 1.54) is 0 Å². The van der Waals surface area contributed by atoms with E-state index >= 15 is 0 Å². The van der Waals surface area contributed by atoms with E-state index in [4.69, 9.17) is 9.47 Å². The van der Waals surface area contributed by atoms with Crippen LogP contribution in [0.15, 0.2) is 43.7 Å². The van der Waals surface area contributed by atoms with Crippen molar-refractivity contribution in [1.29, 1.82) is 0 Å². The summed E-state index contributed by atoms with van der Waals surface area (Å²) >= 11 is 10.3. The minimum Gasteiger partial charge on any atom is -0.490 e.